The van der Waals surface area contributed by atoms with Gasteiger partial charge in [-0.25, -0.2) is 4.79 Å². The molecule has 0 bridgehead atoms. The van der Waals surface area contributed by atoms with Gasteiger partial charge in [0, 0.05) is 17.0 Å². The molecule has 1 unspecified atom stereocenters. The Hall–Kier alpha value is -1.83. The number of carboxylic acid groups (broad SMARTS) is 1. The summed E-state index contributed by atoms with van der Waals surface area (Å²) in [6.45, 7) is 2.96. The van der Waals surface area contributed by atoms with E-state index < -0.39 is 30.5 Å². The summed E-state index contributed by atoms with van der Waals surface area (Å²) in [5.74, 6) is -1.72. The first-order chi connectivity index (χ1) is 9.58. The van der Waals surface area contributed by atoms with Crippen molar-refractivity contribution < 1.29 is 27.9 Å². The molecule has 8 heteroatoms. The van der Waals surface area contributed by atoms with Crippen molar-refractivity contribution in [1.82, 2.24) is 5.32 Å². The molecule has 4 nitrogen and oxygen atoms in total. The lowest BCUT2D eigenvalue weighted by molar-refractivity contribution is -0.138. The number of hydrogen-bond donors (Lipinski definition) is 2. The Kier molecular flexibility index (Phi) is 5.54. The van der Waals surface area contributed by atoms with Gasteiger partial charge < -0.3 is 10.4 Å². The average Bonchev–Trinajstić information content (AvgIpc) is 2.65. The number of amides is 1. The molecule has 0 fully saturated rings. The van der Waals surface area contributed by atoms with Crippen LogP contribution in [0.5, 0.6) is 0 Å². The minimum Gasteiger partial charge on any atom is -0.478 e. The second kappa shape index (κ2) is 6.75. The summed E-state index contributed by atoms with van der Waals surface area (Å²) in [6, 6.07) is 0.486. The molecule has 21 heavy (non-hydrogen) atoms. The summed E-state index contributed by atoms with van der Waals surface area (Å²) in [7, 11) is 0. The van der Waals surface area contributed by atoms with E-state index >= 15 is 0 Å². The zero-order valence-corrected chi connectivity index (χ0v) is 12.1. The number of aryl methyl sites for hydroxylation is 1. The first kappa shape index (κ1) is 17.2. The standard InChI is InChI=1S/C13H14F3NO3S/c1-7-5-10(21-9(7)3-4-11(18)19)12(20)17-8(2)6-13(14,15)16/h3-5,8H,6H2,1-2H3,(H,17,20)(H,18,19)/b4-3+. The van der Waals surface area contributed by atoms with Gasteiger partial charge in [-0.1, -0.05) is 0 Å². The van der Waals surface area contributed by atoms with Crippen LogP contribution in [0, 0.1) is 6.92 Å². The maximum Gasteiger partial charge on any atom is 0.391 e. The number of carbonyl (C=O) groups excluding carboxylic acids is 1. The van der Waals surface area contributed by atoms with E-state index in [4.69, 9.17) is 5.11 Å². The highest BCUT2D eigenvalue weighted by Gasteiger charge is 2.30. The quantitative estimate of drug-likeness (QED) is 0.818. The van der Waals surface area contributed by atoms with Gasteiger partial charge in [0.05, 0.1) is 11.3 Å². The molecule has 1 aromatic rings. The second-order valence-electron chi connectivity index (χ2n) is 4.52. The van der Waals surface area contributed by atoms with Crippen molar-refractivity contribution in [2.24, 2.45) is 0 Å². The van der Waals surface area contributed by atoms with Gasteiger partial charge in [0.15, 0.2) is 0 Å². The second-order valence-corrected chi connectivity index (χ2v) is 5.61. The number of carbonyl (C=O) groups is 2. The van der Waals surface area contributed by atoms with Gasteiger partial charge in [0.2, 0.25) is 0 Å². The molecule has 0 aliphatic rings. The number of hydrogen-bond acceptors (Lipinski definition) is 3. The van der Waals surface area contributed by atoms with Crippen molar-refractivity contribution >= 4 is 29.3 Å². The molecule has 0 saturated carbocycles. The molecule has 116 valence electrons. The Morgan fingerprint density at radius 1 is 1.48 bits per heavy atom. The summed E-state index contributed by atoms with van der Waals surface area (Å²) >= 11 is 1.03. The molecular weight excluding hydrogens is 307 g/mol. The molecule has 0 radical (unpaired) electrons. The summed E-state index contributed by atoms with van der Waals surface area (Å²) in [4.78, 5) is 23.1. The summed E-state index contributed by atoms with van der Waals surface area (Å²) in [5.41, 5.74) is 0.686. The highest BCUT2D eigenvalue weighted by atomic mass is 32.1. The fraction of sp³-hybridized carbons (Fsp3) is 0.385. The highest BCUT2D eigenvalue weighted by molar-refractivity contribution is 7.15. The van der Waals surface area contributed by atoms with Crippen LogP contribution in [0.15, 0.2) is 12.1 Å². The molecule has 1 aromatic heterocycles. The lowest BCUT2D eigenvalue weighted by atomic mass is 10.2. The molecule has 1 amide bonds. The smallest absolute Gasteiger partial charge is 0.391 e. The SMILES string of the molecule is Cc1cc(C(=O)NC(C)CC(F)(F)F)sc1/C=C/C(=O)O. The maximum absolute atomic E-state index is 12.2. The van der Waals surface area contributed by atoms with Crippen LogP contribution in [0.4, 0.5) is 13.2 Å². The van der Waals surface area contributed by atoms with Crippen LogP contribution in [0.1, 0.15) is 33.5 Å². The molecule has 0 aromatic carbocycles. The van der Waals surface area contributed by atoms with E-state index in [1.807, 2.05) is 0 Å². The van der Waals surface area contributed by atoms with Gasteiger partial charge in [-0.05, 0) is 31.6 Å². The molecule has 2 N–H and O–H groups in total. The molecule has 0 saturated heterocycles. The van der Waals surface area contributed by atoms with Gasteiger partial charge in [-0.2, -0.15) is 13.2 Å². The summed E-state index contributed by atoms with van der Waals surface area (Å²) in [5, 5.41) is 10.8. The third-order valence-electron chi connectivity index (χ3n) is 2.47. The van der Waals surface area contributed by atoms with Crippen molar-refractivity contribution in [2.75, 3.05) is 0 Å². The minimum atomic E-state index is -4.34. The Labute approximate surface area is 123 Å². The van der Waals surface area contributed by atoms with Crippen LogP contribution in [0.25, 0.3) is 6.08 Å². The van der Waals surface area contributed by atoms with Crippen molar-refractivity contribution in [3.05, 3.63) is 27.5 Å². The van der Waals surface area contributed by atoms with E-state index in [2.05, 4.69) is 5.32 Å². The van der Waals surface area contributed by atoms with Crippen LogP contribution in [0.3, 0.4) is 0 Å². The zero-order valence-electron chi connectivity index (χ0n) is 11.3. The normalized spacial score (nSPS) is 13.4. The van der Waals surface area contributed by atoms with Crippen molar-refractivity contribution in [1.29, 1.82) is 0 Å². The number of nitrogens with one attached hydrogen (secondary N) is 1. The maximum atomic E-state index is 12.2. The Morgan fingerprint density at radius 2 is 2.10 bits per heavy atom. The topological polar surface area (TPSA) is 66.4 Å². The third kappa shape index (κ3) is 5.99. The monoisotopic (exact) mass is 321 g/mol. The van der Waals surface area contributed by atoms with Gasteiger partial charge in [0.25, 0.3) is 5.91 Å². The largest absolute Gasteiger partial charge is 0.478 e. The molecule has 1 rings (SSSR count). The third-order valence-corrected chi connectivity index (χ3v) is 3.67. The molecule has 1 heterocycles. The number of alkyl halides is 3. The number of aliphatic carboxylic acids is 1. The minimum absolute atomic E-state index is 0.242. The first-order valence-electron chi connectivity index (χ1n) is 5.97. The van der Waals surface area contributed by atoms with Gasteiger partial charge in [-0.3, -0.25) is 4.79 Å². The van der Waals surface area contributed by atoms with Gasteiger partial charge >= 0.3 is 12.1 Å². The molecule has 0 spiro atoms. The first-order valence-corrected chi connectivity index (χ1v) is 6.79. The van der Waals surface area contributed by atoms with Crippen molar-refractivity contribution in [3.63, 3.8) is 0 Å². The molecule has 1 atom stereocenters. The lowest BCUT2D eigenvalue weighted by Crippen LogP contribution is -2.35. The van der Waals surface area contributed by atoms with Crippen molar-refractivity contribution in [2.45, 2.75) is 32.5 Å². The predicted molar refractivity (Wildman–Crippen MR) is 73.3 cm³/mol. The Morgan fingerprint density at radius 3 is 2.62 bits per heavy atom. The van der Waals surface area contributed by atoms with Gasteiger partial charge in [0.1, 0.15) is 0 Å². The van der Waals surface area contributed by atoms with Crippen LogP contribution >= 0.6 is 11.3 Å². The van der Waals surface area contributed by atoms with E-state index in [-0.39, 0.29) is 4.88 Å². The predicted octanol–water partition coefficient (Wildman–Crippen LogP) is 3.23. The zero-order chi connectivity index (χ0) is 16.2. The Balaban J connectivity index is 2.75. The number of thiophene rings is 1. The lowest BCUT2D eigenvalue weighted by Gasteiger charge is -2.15. The summed E-state index contributed by atoms with van der Waals surface area (Å²) in [6.07, 6.45) is -3.16. The summed E-state index contributed by atoms with van der Waals surface area (Å²) < 4.78 is 36.6. The fourth-order valence-corrected chi connectivity index (χ4v) is 2.59. The van der Waals surface area contributed by atoms with E-state index in [0.29, 0.717) is 10.4 Å². The molecule has 0 aliphatic heterocycles. The molecule has 0 aliphatic carbocycles. The van der Waals surface area contributed by atoms with Crippen LogP contribution in [0.2, 0.25) is 0 Å². The van der Waals surface area contributed by atoms with E-state index in [9.17, 15) is 22.8 Å². The van der Waals surface area contributed by atoms with E-state index in [1.165, 1.54) is 19.1 Å². The van der Waals surface area contributed by atoms with Crippen molar-refractivity contribution in [3.8, 4) is 0 Å². The highest BCUT2D eigenvalue weighted by Crippen LogP contribution is 2.24. The Bertz CT molecular complexity index is 563. The van der Waals surface area contributed by atoms with Gasteiger partial charge in [-0.15, -0.1) is 11.3 Å². The van der Waals surface area contributed by atoms with E-state index in [0.717, 1.165) is 17.4 Å². The van der Waals surface area contributed by atoms with Crippen LogP contribution in [-0.2, 0) is 4.79 Å². The van der Waals surface area contributed by atoms with Crippen LogP contribution in [-0.4, -0.2) is 29.2 Å². The fourth-order valence-electron chi connectivity index (χ4n) is 1.61. The number of rotatable bonds is 5. The molecular formula is C13H14F3NO3S. The van der Waals surface area contributed by atoms with Crippen LogP contribution < -0.4 is 5.32 Å². The number of carboxylic acids is 1. The number of halogens is 3. The van der Waals surface area contributed by atoms with E-state index in [1.54, 1.807) is 6.92 Å². The average molecular weight is 321 g/mol.